The number of benzene rings is 2. The maximum Gasteiger partial charge on any atom is 0.125 e. The molecule has 3 nitrogen and oxygen atoms in total. The van der Waals surface area contributed by atoms with Gasteiger partial charge in [0.1, 0.15) is 5.75 Å². The molecule has 2 rings (SSSR count). The van der Waals surface area contributed by atoms with Crippen molar-refractivity contribution in [2.24, 2.45) is 5.84 Å². The molecule has 2 aromatic carbocycles. The third-order valence-corrected chi connectivity index (χ3v) is 3.28. The molecule has 3 N–H and O–H groups in total. The molecule has 1 unspecified atom stereocenters. The summed E-state index contributed by atoms with van der Waals surface area (Å²) < 4.78 is 5.38. The van der Waals surface area contributed by atoms with Gasteiger partial charge in [0.15, 0.2) is 0 Å². The van der Waals surface area contributed by atoms with Gasteiger partial charge < -0.3 is 4.74 Å². The molecule has 0 aliphatic rings. The van der Waals surface area contributed by atoms with Gasteiger partial charge in [-0.25, -0.2) is 5.43 Å². The summed E-state index contributed by atoms with van der Waals surface area (Å²) in [6, 6.07) is 13.6. The van der Waals surface area contributed by atoms with Crippen LogP contribution < -0.4 is 16.0 Å². The quantitative estimate of drug-likeness (QED) is 0.666. The molecule has 100 valence electrons. The van der Waals surface area contributed by atoms with Crippen LogP contribution in [0, 0.1) is 6.92 Å². The van der Waals surface area contributed by atoms with E-state index in [-0.39, 0.29) is 6.04 Å². The van der Waals surface area contributed by atoms with Crippen LogP contribution in [0.15, 0.2) is 42.5 Å². The SMILES string of the molecule is COc1cc(Cl)ccc1C(NN)c1cccc(C)c1. The lowest BCUT2D eigenvalue weighted by Crippen LogP contribution is -2.29. The van der Waals surface area contributed by atoms with Crippen molar-refractivity contribution in [3.63, 3.8) is 0 Å². The number of rotatable bonds is 4. The van der Waals surface area contributed by atoms with Crippen molar-refractivity contribution in [3.8, 4) is 5.75 Å². The van der Waals surface area contributed by atoms with Gasteiger partial charge >= 0.3 is 0 Å². The molecule has 0 radical (unpaired) electrons. The summed E-state index contributed by atoms with van der Waals surface area (Å²) in [4.78, 5) is 0. The van der Waals surface area contributed by atoms with E-state index in [0.717, 1.165) is 16.9 Å². The van der Waals surface area contributed by atoms with Gasteiger partial charge in [0.2, 0.25) is 0 Å². The number of ether oxygens (including phenoxy) is 1. The van der Waals surface area contributed by atoms with Crippen LogP contribution in [0.3, 0.4) is 0 Å². The average Bonchev–Trinajstić information content (AvgIpc) is 2.41. The van der Waals surface area contributed by atoms with Gasteiger partial charge in [-0.3, -0.25) is 5.84 Å². The number of hydrazine groups is 1. The molecule has 0 amide bonds. The minimum Gasteiger partial charge on any atom is -0.496 e. The second-order valence-corrected chi connectivity index (χ2v) is 4.84. The van der Waals surface area contributed by atoms with Crippen LogP contribution in [0.4, 0.5) is 0 Å². The van der Waals surface area contributed by atoms with Gasteiger partial charge in [0.25, 0.3) is 0 Å². The normalized spacial score (nSPS) is 12.2. The van der Waals surface area contributed by atoms with Crippen molar-refractivity contribution in [3.05, 3.63) is 64.2 Å². The van der Waals surface area contributed by atoms with E-state index in [1.807, 2.05) is 24.3 Å². The standard InChI is InChI=1S/C15H17ClN2O/c1-10-4-3-5-11(8-10)15(18-17)13-7-6-12(16)9-14(13)19-2/h3-9,15,18H,17H2,1-2H3. The van der Waals surface area contributed by atoms with E-state index in [1.54, 1.807) is 13.2 Å². The zero-order valence-corrected chi connectivity index (χ0v) is 11.7. The van der Waals surface area contributed by atoms with E-state index in [2.05, 4.69) is 24.5 Å². The Morgan fingerprint density at radius 3 is 2.63 bits per heavy atom. The fraction of sp³-hybridized carbons (Fsp3) is 0.200. The Labute approximate surface area is 118 Å². The topological polar surface area (TPSA) is 47.3 Å². The Hall–Kier alpha value is -1.55. The van der Waals surface area contributed by atoms with Gasteiger partial charge in [-0.15, -0.1) is 0 Å². The molecule has 0 aliphatic heterocycles. The van der Waals surface area contributed by atoms with Crippen molar-refractivity contribution >= 4 is 11.6 Å². The number of methoxy groups -OCH3 is 1. The van der Waals surface area contributed by atoms with E-state index in [1.165, 1.54) is 5.56 Å². The average molecular weight is 277 g/mol. The van der Waals surface area contributed by atoms with Gasteiger partial charge in [-0.1, -0.05) is 47.5 Å². The molecule has 0 aromatic heterocycles. The number of nitrogens with two attached hydrogens (primary N) is 1. The molecule has 4 heteroatoms. The third kappa shape index (κ3) is 3.07. The Morgan fingerprint density at radius 2 is 2.00 bits per heavy atom. The highest BCUT2D eigenvalue weighted by molar-refractivity contribution is 6.30. The Bertz CT molecular complexity index is 572. The monoisotopic (exact) mass is 276 g/mol. The number of hydrogen-bond donors (Lipinski definition) is 2. The van der Waals surface area contributed by atoms with Crippen LogP contribution in [0.5, 0.6) is 5.75 Å². The van der Waals surface area contributed by atoms with Crippen LogP contribution in [0.25, 0.3) is 0 Å². The van der Waals surface area contributed by atoms with Crippen LogP contribution >= 0.6 is 11.6 Å². The lowest BCUT2D eigenvalue weighted by molar-refractivity contribution is 0.404. The molecule has 0 spiro atoms. The lowest BCUT2D eigenvalue weighted by Gasteiger charge is -2.20. The molecule has 0 heterocycles. The van der Waals surface area contributed by atoms with Crippen molar-refractivity contribution < 1.29 is 4.74 Å². The minimum atomic E-state index is -0.132. The van der Waals surface area contributed by atoms with Gasteiger partial charge in [-0.05, 0) is 24.6 Å². The Balaban J connectivity index is 2.48. The molecule has 0 saturated heterocycles. The number of halogens is 1. The lowest BCUT2D eigenvalue weighted by atomic mass is 9.97. The first-order valence-corrected chi connectivity index (χ1v) is 6.39. The first-order valence-electron chi connectivity index (χ1n) is 6.02. The van der Waals surface area contributed by atoms with Gasteiger partial charge in [0, 0.05) is 10.6 Å². The predicted molar refractivity (Wildman–Crippen MR) is 78.3 cm³/mol. The van der Waals surface area contributed by atoms with E-state index in [4.69, 9.17) is 22.2 Å². The minimum absolute atomic E-state index is 0.132. The second kappa shape index (κ2) is 6.06. The highest BCUT2D eigenvalue weighted by Gasteiger charge is 2.17. The summed E-state index contributed by atoms with van der Waals surface area (Å²) >= 11 is 5.98. The van der Waals surface area contributed by atoms with Crippen molar-refractivity contribution in [2.75, 3.05) is 7.11 Å². The first kappa shape index (κ1) is 13.9. The van der Waals surface area contributed by atoms with Gasteiger partial charge in [0.05, 0.1) is 13.2 Å². The van der Waals surface area contributed by atoms with Crippen LogP contribution in [0.2, 0.25) is 5.02 Å². The number of aryl methyl sites for hydroxylation is 1. The first-order chi connectivity index (χ1) is 9.15. The van der Waals surface area contributed by atoms with Crippen LogP contribution in [0.1, 0.15) is 22.7 Å². The highest BCUT2D eigenvalue weighted by Crippen LogP contribution is 2.32. The van der Waals surface area contributed by atoms with Crippen LogP contribution in [-0.2, 0) is 0 Å². The number of hydrogen-bond acceptors (Lipinski definition) is 3. The zero-order chi connectivity index (χ0) is 13.8. The summed E-state index contributed by atoms with van der Waals surface area (Å²) in [6.45, 7) is 2.05. The van der Waals surface area contributed by atoms with Crippen molar-refractivity contribution in [1.82, 2.24) is 5.43 Å². The van der Waals surface area contributed by atoms with E-state index in [9.17, 15) is 0 Å². The highest BCUT2D eigenvalue weighted by atomic mass is 35.5. The maximum atomic E-state index is 5.98. The zero-order valence-electron chi connectivity index (χ0n) is 11.0. The fourth-order valence-electron chi connectivity index (χ4n) is 2.14. The molecule has 19 heavy (non-hydrogen) atoms. The third-order valence-electron chi connectivity index (χ3n) is 3.05. The Morgan fingerprint density at radius 1 is 1.21 bits per heavy atom. The summed E-state index contributed by atoms with van der Waals surface area (Å²) in [7, 11) is 1.62. The molecular formula is C15H17ClN2O. The summed E-state index contributed by atoms with van der Waals surface area (Å²) in [6.07, 6.45) is 0. The maximum absolute atomic E-state index is 5.98. The molecule has 2 aromatic rings. The Kier molecular flexibility index (Phi) is 4.43. The largest absolute Gasteiger partial charge is 0.496 e. The van der Waals surface area contributed by atoms with Crippen molar-refractivity contribution in [1.29, 1.82) is 0 Å². The second-order valence-electron chi connectivity index (χ2n) is 4.40. The fourth-order valence-corrected chi connectivity index (χ4v) is 2.30. The molecule has 0 fully saturated rings. The number of nitrogens with one attached hydrogen (secondary N) is 1. The molecule has 0 aliphatic carbocycles. The molecule has 0 saturated carbocycles. The van der Waals surface area contributed by atoms with Crippen LogP contribution in [-0.4, -0.2) is 7.11 Å². The van der Waals surface area contributed by atoms with E-state index < -0.39 is 0 Å². The summed E-state index contributed by atoms with van der Waals surface area (Å²) in [5.41, 5.74) is 6.06. The van der Waals surface area contributed by atoms with E-state index >= 15 is 0 Å². The van der Waals surface area contributed by atoms with Crippen molar-refractivity contribution in [2.45, 2.75) is 13.0 Å². The smallest absolute Gasteiger partial charge is 0.125 e. The molecular weight excluding hydrogens is 260 g/mol. The summed E-state index contributed by atoms with van der Waals surface area (Å²) in [5, 5.41) is 0.639. The summed E-state index contributed by atoms with van der Waals surface area (Å²) in [5.74, 6) is 6.43. The van der Waals surface area contributed by atoms with E-state index in [0.29, 0.717) is 5.02 Å². The van der Waals surface area contributed by atoms with Gasteiger partial charge in [-0.2, -0.15) is 0 Å². The predicted octanol–water partition coefficient (Wildman–Crippen LogP) is 3.21. The molecule has 1 atom stereocenters. The molecule has 0 bridgehead atoms.